The van der Waals surface area contributed by atoms with Crippen molar-refractivity contribution < 1.29 is 4.52 Å². The first-order chi connectivity index (χ1) is 9.83. The monoisotopic (exact) mass is 271 g/mol. The fraction of sp³-hybridized carbons (Fsp3) is 0.500. The Morgan fingerprint density at radius 2 is 2.20 bits per heavy atom. The van der Waals surface area contributed by atoms with Gasteiger partial charge < -0.3 is 9.84 Å². The minimum absolute atomic E-state index is 0.416. The predicted octanol–water partition coefficient (Wildman–Crippen LogP) is 2.63. The zero-order chi connectivity index (χ0) is 13.8. The molecule has 3 rings (SSSR count). The second-order valence-corrected chi connectivity index (χ2v) is 5.52. The maximum Gasteiger partial charge on any atom is 0.226 e. The Bertz CT molecular complexity index is 558. The van der Waals surface area contributed by atoms with Crippen LogP contribution in [0.15, 0.2) is 28.8 Å². The van der Waals surface area contributed by atoms with E-state index in [4.69, 9.17) is 4.52 Å². The maximum atomic E-state index is 5.39. The van der Waals surface area contributed by atoms with E-state index in [1.54, 1.807) is 0 Å². The van der Waals surface area contributed by atoms with Crippen LogP contribution in [-0.2, 0) is 12.8 Å². The van der Waals surface area contributed by atoms with Gasteiger partial charge in [0.25, 0.3) is 0 Å². The van der Waals surface area contributed by atoms with E-state index in [9.17, 15) is 0 Å². The summed E-state index contributed by atoms with van der Waals surface area (Å²) in [5.74, 6) is 2.05. The third-order valence-electron chi connectivity index (χ3n) is 4.02. The van der Waals surface area contributed by atoms with Crippen LogP contribution in [0.25, 0.3) is 0 Å². The normalized spacial score (nSPS) is 19.1. The lowest BCUT2D eigenvalue weighted by molar-refractivity contribution is 0.361. The molecule has 1 aliphatic heterocycles. The molecule has 2 heterocycles. The summed E-state index contributed by atoms with van der Waals surface area (Å²) in [5, 5.41) is 7.53. The fourth-order valence-corrected chi connectivity index (χ4v) is 2.74. The van der Waals surface area contributed by atoms with Crippen molar-refractivity contribution in [1.29, 1.82) is 0 Å². The van der Waals surface area contributed by atoms with Gasteiger partial charge in [-0.3, -0.25) is 0 Å². The van der Waals surface area contributed by atoms with E-state index in [0.717, 1.165) is 44.1 Å². The SMILES string of the molecule is Cc1ccccc1CCc1nc(C2CCCNC2)no1. The Morgan fingerprint density at radius 3 is 3.00 bits per heavy atom. The number of hydrogen-bond donors (Lipinski definition) is 1. The summed E-state index contributed by atoms with van der Waals surface area (Å²) in [5.41, 5.74) is 2.68. The van der Waals surface area contributed by atoms with Crippen LogP contribution in [0.4, 0.5) is 0 Å². The van der Waals surface area contributed by atoms with Gasteiger partial charge in [-0.25, -0.2) is 0 Å². The van der Waals surface area contributed by atoms with Gasteiger partial charge in [-0.05, 0) is 43.9 Å². The molecule has 0 spiro atoms. The first-order valence-electron chi connectivity index (χ1n) is 7.40. The third kappa shape index (κ3) is 3.07. The van der Waals surface area contributed by atoms with Gasteiger partial charge in [-0.1, -0.05) is 29.4 Å². The quantitative estimate of drug-likeness (QED) is 0.928. The number of hydrogen-bond acceptors (Lipinski definition) is 4. The second-order valence-electron chi connectivity index (χ2n) is 5.52. The predicted molar refractivity (Wildman–Crippen MR) is 77.7 cm³/mol. The van der Waals surface area contributed by atoms with Crippen molar-refractivity contribution in [3.8, 4) is 0 Å². The summed E-state index contributed by atoms with van der Waals surface area (Å²) in [6.45, 7) is 4.22. The third-order valence-corrected chi connectivity index (χ3v) is 4.02. The number of aromatic nitrogens is 2. The average Bonchev–Trinajstić information content (AvgIpc) is 2.96. The highest BCUT2D eigenvalue weighted by atomic mass is 16.5. The molecule has 1 N–H and O–H groups in total. The number of nitrogens with one attached hydrogen (secondary N) is 1. The molecule has 1 aromatic heterocycles. The molecule has 1 aliphatic rings. The van der Waals surface area contributed by atoms with Crippen molar-refractivity contribution in [2.24, 2.45) is 0 Å². The lowest BCUT2D eigenvalue weighted by Crippen LogP contribution is -2.28. The van der Waals surface area contributed by atoms with Crippen molar-refractivity contribution in [2.75, 3.05) is 13.1 Å². The van der Waals surface area contributed by atoms with Gasteiger partial charge >= 0.3 is 0 Å². The summed E-state index contributed by atoms with van der Waals surface area (Å²) in [4.78, 5) is 4.56. The largest absolute Gasteiger partial charge is 0.339 e. The van der Waals surface area contributed by atoms with Crippen molar-refractivity contribution in [3.63, 3.8) is 0 Å². The van der Waals surface area contributed by atoms with E-state index in [1.807, 2.05) is 0 Å². The first kappa shape index (κ1) is 13.3. The summed E-state index contributed by atoms with van der Waals surface area (Å²) in [6.07, 6.45) is 4.12. The van der Waals surface area contributed by atoms with Crippen LogP contribution in [0.3, 0.4) is 0 Å². The first-order valence-corrected chi connectivity index (χ1v) is 7.40. The van der Waals surface area contributed by atoms with Crippen LogP contribution in [0.1, 0.15) is 41.6 Å². The molecule has 106 valence electrons. The molecular weight excluding hydrogens is 250 g/mol. The molecule has 0 radical (unpaired) electrons. The van der Waals surface area contributed by atoms with Crippen LogP contribution >= 0.6 is 0 Å². The molecule has 0 bridgehead atoms. The van der Waals surface area contributed by atoms with Crippen LogP contribution < -0.4 is 5.32 Å². The van der Waals surface area contributed by atoms with Gasteiger partial charge in [0.2, 0.25) is 5.89 Å². The summed E-state index contributed by atoms with van der Waals surface area (Å²) >= 11 is 0. The lowest BCUT2D eigenvalue weighted by Gasteiger charge is -2.19. The van der Waals surface area contributed by atoms with E-state index in [2.05, 4.69) is 46.6 Å². The van der Waals surface area contributed by atoms with Crippen molar-refractivity contribution >= 4 is 0 Å². The number of nitrogens with zero attached hydrogens (tertiary/aromatic N) is 2. The zero-order valence-corrected chi connectivity index (χ0v) is 11.9. The Labute approximate surface area is 119 Å². The van der Waals surface area contributed by atoms with E-state index in [-0.39, 0.29) is 0 Å². The molecule has 0 aliphatic carbocycles. The van der Waals surface area contributed by atoms with Crippen LogP contribution in [0.2, 0.25) is 0 Å². The van der Waals surface area contributed by atoms with E-state index in [1.165, 1.54) is 17.5 Å². The number of piperidine rings is 1. The summed E-state index contributed by atoms with van der Waals surface area (Å²) in [7, 11) is 0. The van der Waals surface area contributed by atoms with Gasteiger partial charge in [0.1, 0.15) is 0 Å². The molecule has 1 atom stereocenters. The molecule has 0 saturated carbocycles. The number of aryl methyl sites for hydroxylation is 3. The molecule has 1 saturated heterocycles. The molecule has 4 heteroatoms. The smallest absolute Gasteiger partial charge is 0.226 e. The number of rotatable bonds is 4. The van der Waals surface area contributed by atoms with Crippen LogP contribution in [0, 0.1) is 6.92 Å². The lowest BCUT2D eigenvalue weighted by atomic mass is 9.99. The van der Waals surface area contributed by atoms with Gasteiger partial charge in [-0.2, -0.15) is 4.98 Å². The molecule has 4 nitrogen and oxygen atoms in total. The van der Waals surface area contributed by atoms with E-state index in [0.29, 0.717) is 5.92 Å². The minimum Gasteiger partial charge on any atom is -0.339 e. The van der Waals surface area contributed by atoms with Gasteiger partial charge in [-0.15, -0.1) is 0 Å². The highest BCUT2D eigenvalue weighted by Crippen LogP contribution is 2.20. The standard InChI is InChI=1S/C16H21N3O/c1-12-5-2-3-6-13(12)8-9-15-18-16(19-20-15)14-7-4-10-17-11-14/h2-3,5-6,14,17H,4,7-11H2,1H3. The average molecular weight is 271 g/mol. The number of benzene rings is 1. The van der Waals surface area contributed by atoms with Gasteiger partial charge in [0, 0.05) is 18.9 Å². The van der Waals surface area contributed by atoms with E-state index < -0.39 is 0 Å². The Balaban J connectivity index is 1.61. The second kappa shape index (κ2) is 6.18. The minimum atomic E-state index is 0.416. The highest BCUT2D eigenvalue weighted by molar-refractivity contribution is 5.25. The van der Waals surface area contributed by atoms with Gasteiger partial charge in [0.05, 0.1) is 0 Å². The topological polar surface area (TPSA) is 51.0 Å². The van der Waals surface area contributed by atoms with Crippen molar-refractivity contribution in [1.82, 2.24) is 15.5 Å². The summed E-state index contributed by atoms with van der Waals surface area (Å²) in [6, 6.07) is 8.45. The fourth-order valence-electron chi connectivity index (χ4n) is 2.74. The highest BCUT2D eigenvalue weighted by Gasteiger charge is 2.20. The molecule has 0 amide bonds. The zero-order valence-electron chi connectivity index (χ0n) is 11.9. The van der Waals surface area contributed by atoms with Crippen molar-refractivity contribution in [2.45, 2.75) is 38.5 Å². The molecule has 20 heavy (non-hydrogen) atoms. The van der Waals surface area contributed by atoms with Crippen LogP contribution in [0.5, 0.6) is 0 Å². The van der Waals surface area contributed by atoms with Crippen molar-refractivity contribution in [3.05, 3.63) is 47.1 Å². The molecule has 1 fully saturated rings. The Kier molecular flexibility index (Phi) is 4.11. The maximum absolute atomic E-state index is 5.39. The Morgan fingerprint density at radius 1 is 1.30 bits per heavy atom. The molecular formula is C16H21N3O. The molecule has 1 unspecified atom stereocenters. The molecule has 2 aromatic rings. The Hall–Kier alpha value is -1.68. The molecule has 1 aromatic carbocycles. The summed E-state index contributed by atoms with van der Waals surface area (Å²) < 4.78 is 5.39. The van der Waals surface area contributed by atoms with Gasteiger partial charge in [0.15, 0.2) is 5.82 Å². The van der Waals surface area contributed by atoms with Crippen LogP contribution in [-0.4, -0.2) is 23.2 Å². The van der Waals surface area contributed by atoms with E-state index >= 15 is 0 Å².